The first-order chi connectivity index (χ1) is 6.79. The Hall–Kier alpha value is -1.03. The molecule has 0 aliphatic carbocycles. The molecule has 1 aromatic heterocycles. The lowest BCUT2D eigenvalue weighted by atomic mass is 10.1. The molecule has 1 aromatic rings. The highest BCUT2D eigenvalue weighted by Crippen LogP contribution is 2.09. The van der Waals surface area contributed by atoms with Gasteiger partial charge in [-0.2, -0.15) is 0 Å². The van der Waals surface area contributed by atoms with Gasteiger partial charge in [-0.15, -0.1) is 0 Å². The molecule has 1 heterocycles. The lowest BCUT2D eigenvalue weighted by molar-refractivity contribution is 0.337. The molecule has 0 saturated carbocycles. The minimum Gasteiger partial charge on any atom is -0.483 e. The maximum Gasteiger partial charge on any atom is 0.194 e. The number of hydrogen-bond acceptors (Lipinski definition) is 4. The van der Waals surface area contributed by atoms with Crippen molar-refractivity contribution in [2.24, 2.45) is 0 Å². The van der Waals surface area contributed by atoms with E-state index in [-0.39, 0.29) is 0 Å². The van der Waals surface area contributed by atoms with Crippen molar-refractivity contribution in [2.45, 2.75) is 26.7 Å². The van der Waals surface area contributed by atoms with Gasteiger partial charge in [0.2, 0.25) is 0 Å². The summed E-state index contributed by atoms with van der Waals surface area (Å²) in [5.74, 6) is 0. The molecule has 3 nitrogen and oxygen atoms in total. The summed E-state index contributed by atoms with van der Waals surface area (Å²) in [6.07, 6.45) is 5.21. The molecule has 0 bridgehead atoms. The number of rotatable bonds is 4. The summed E-state index contributed by atoms with van der Waals surface area (Å²) >= 11 is 5.12. The fourth-order valence-corrected chi connectivity index (χ4v) is 1.46. The van der Waals surface area contributed by atoms with Crippen LogP contribution in [-0.2, 0) is 11.2 Å². The normalized spacial score (nSPS) is 9.86. The molecular formula is C10H14N2OS. The molecule has 76 valence electrons. The molecule has 0 unspecified atom stereocenters. The fraction of sp³-hybridized carbons (Fsp3) is 0.500. The van der Waals surface area contributed by atoms with Gasteiger partial charge in [-0.1, -0.05) is 13.3 Å². The first-order valence-electron chi connectivity index (χ1n) is 4.75. The third kappa shape index (κ3) is 2.73. The monoisotopic (exact) mass is 210 g/mol. The van der Waals surface area contributed by atoms with Crippen LogP contribution in [0.4, 0.5) is 0 Å². The highest BCUT2D eigenvalue weighted by atomic mass is 32.1. The van der Waals surface area contributed by atoms with Gasteiger partial charge in [0.25, 0.3) is 0 Å². The van der Waals surface area contributed by atoms with Crippen molar-refractivity contribution < 1.29 is 4.74 Å². The first kappa shape index (κ1) is 11.0. The summed E-state index contributed by atoms with van der Waals surface area (Å²) in [4.78, 5) is 8.15. The van der Waals surface area contributed by atoms with Crippen molar-refractivity contribution in [3.05, 3.63) is 23.8 Å². The van der Waals surface area contributed by atoms with E-state index in [1.165, 1.54) is 0 Å². The van der Waals surface area contributed by atoms with E-state index in [4.69, 9.17) is 17.0 Å². The maximum absolute atomic E-state index is 5.27. The predicted molar refractivity (Wildman–Crippen MR) is 59.4 cm³/mol. The summed E-state index contributed by atoms with van der Waals surface area (Å²) in [7, 11) is 0. The van der Waals surface area contributed by atoms with Crippen molar-refractivity contribution in [1.29, 1.82) is 0 Å². The molecule has 1 rings (SSSR count). The third-order valence-electron chi connectivity index (χ3n) is 1.78. The van der Waals surface area contributed by atoms with E-state index in [1.807, 2.05) is 6.92 Å². The Balaban J connectivity index is 2.88. The van der Waals surface area contributed by atoms with Crippen LogP contribution in [0.25, 0.3) is 0 Å². The van der Waals surface area contributed by atoms with E-state index in [0.717, 1.165) is 24.1 Å². The summed E-state index contributed by atoms with van der Waals surface area (Å²) in [6, 6.07) is 0. The van der Waals surface area contributed by atoms with Crippen molar-refractivity contribution in [2.75, 3.05) is 6.61 Å². The molecule has 4 heteroatoms. The second kappa shape index (κ2) is 5.65. The zero-order valence-corrected chi connectivity index (χ0v) is 9.30. The van der Waals surface area contributed by atoms with Crippen molar-refractivity contribution in [1.82, 2.24) is 9.97 Å². The molecule has 0 spiro atoms. The van der Waals surface area contributed by atoms with E-state index in [9.17, 15) is 0 Å². The average Bonchev–Trinajstić information content (AvgIpc) is 2.19. The van der Waals surface area contributed by atoms with Crippen molar-refractivity contribution in [3.63, 3.8) is 0 Å². The smallest absolute Gasteiger partial charge is 0.194 e. The summed E-state index contributed by atoms with van der Waals surface area (Å²) < 4.78 is 5.27. The van der Waals surface area contributed by atoms with Crippen molar-refractivity contribution >= 4 is 17.3 Å². The SMILES string of the molecule is CCCc1ncncc1C(=S)OCC. The van der Waals surface area contributed by atoms with Gasteiger partial charge in [0, 0.05) is 6.20 Å². The topological polar surface area (TPSA) is 35.0 Å². The van der Waals surface area contributed by atoms with Crippen LogP contribution in [0.5, 0.6) is 0 Å². The van der Waals surface area contributed by atoms with Crippen LogP contribution in [0.15, 0.2) is 12.5 Å². The van der Waals surface area contributed by atoms with Gasteiger partial charge in [-0.25, -0.2) is 9.97 Å². The molecule has 0 N–H and O–H groups in total. The molecule has 0 amide bonds. The molecule has 0 aliphatic rings. The summed E-state index contributed by atoms with van der Waals surface area (Å²) in [6.45, 7) is 4.60. The molecule has 0 aliphatic heterocycles. The predicted octanol–water partition coefficient (Wildman–Crippen LogP) is 2.14. The van der Waals surface area contributed by atoms with E-state index in [0.29, 0.717) is 11.7 Å². The zero-order valence-electron chi connectivity index (χ0n) is 8.49. The van der Waals surface area contributed by atoms with E-state index in [2.05, 4.69) is 16.9 Å². The van der Waals surface area contributed by atoms with Crippen molar-refractivity contribution in [3.8, 4) is 0 Å². The van der Waals surface area contributed by atoms with Gasteiger partial charge >= 0.3 is 0 Å². The number of ether oxygens (including phenoxy) is 1. The van der Waals surface area contributed by atoms with Crippen LogP contribution >= 0.6 is 12.2 Å². The Bertz CT molecular complexity index is 315. The van der Waals surface area contributed by atoms with E-state index < -0.39 is 0 Å². The molecule has 0 radical (unpaired) electrons. The molecule has 0 fully saturated rings. The van der Waals surface area contributed by atoms with Crippen LogP contribution in [-0.4, -0.2) is 21.6 Å². The summed E-state index contributed by atoms with van der Waals surface area (Å²) in [5.41, 5.74) is 1.83. The Morgan fingerprint density at radius 3 is 2.93 bits per heavy atom. The van der Waals surface area contributed by atoms with E-state index in [1.54, 1.807) is 12.5 Å². The van der Waals surface area contributed by atoms with Crippen LogP contribution in [0.2, 0.25) is 0 Å². The quantitative estimate of drug-likeness (QED) is 0.713. The highest BCUT2D eigenvalue weighted by molar-refractivity contribution is 7.80. The molecular weight excluding hydrogens is 196 g/mol. The number of thiocarbonyl (C=S) groups is 1. The van der Waals surface area contributed by atoms with Gasteiger partial charge < -0.3 is 4.74 Å². The Morgan fingerprint density at radius 2 is 2.29 bits per heavy atom. The van der Waals surface area contributed by atoms with Gasteiger partial charge in [0.1, 0.15) is 6.33 Å². The molecule has 0 atom stereocenters. The third-order valence-corrected chi connectivity index (χ3v) is 2.11. The lowest BCUT2D eigenvalue weighted by Crippen LogP contribution is -2.09. The minimum absolute atomic E-state index is 0.497. The number of aromatic nitrogens is 2. The van der Waals surface area contributed by atoms with Crippen LogP contribution in [0.1, 0.15) is 31.5 Å². The molecule has 0 saturated heterocycles. The fourth-order valence-electron chi connectivity index (χ4n) is 1.17. The van der Waals surface area contributed by atoms with Crippen LogP contribution in [0, 0.1) is 0 Å². The van der Waals surface area contributed by atoms with Gasteiger partial charge in [0.05, 0.1) is 17.9 Å². The standard InChI is InChI=1S/C10H14N2OS/c1-3-5-9-8(6-11-7-12-9)10(14)13-4-2/h6-7H,3-5H2,1-2H3. The van der Waals surface area contributed by atoms with Gasteiger partial charge in [-0.3, -0.25) is 0 Å². The molecule has 14 heavy (non-hydrogen) atoms. The lowest BCUT2D eigenvalue weighted by Gasteiger charge is -2.08. The zero-order chi connectivity index (χ0) is 10.4. The number of nitrogens with zero attached hydrogens (tertiary/aromatic N) is 2. The second-order valence-corrected chi connectivity index (χ2v) is 3.22. The second-order valence-electron chi connectivity index (χ2n) is 2.85. The van der Waals surface area contributed by atoms with Gasteiger partial charge in [-0.05, 0) is 25.6 Å². The van der Waals surface area contributed by atoms with Crippen LogP contribution in [0.3, 0.4) is 0 Å². The number of hydrogen-bond donors (Lipinski definition) is 0. The average molecular weight is 210 g/mol. The Labute approximate surface area is 89.5 Å². The first-order valence-corrected chi connectivity index (χ1v) is 5.16. The number of aryl methyl sites for hydroxylation is 1. The van der Waals surface area contributed by atoms with E-state index >= 15 is 0 Å². The van der Waals surface area contributed by atoms with Crippen LogP contribution < -0.4 is 0 Å². The largest absolute Gasteiger partial charge is 0.483 e. The van der Waals surface area contributed by atoms with Gasteiger partial charge in [0.15, 0.2) is 5.05 Å². The maximum atomic E-state index is 5.27. The Morgan fingerprint density at radius 1 is 1.50 bits per heavy atom. The Kier molecular flexibility index (Phi) is 4.46. The molecule has 0 aromatic carbocycles. The highest BCUT2D eigenvalue weighted by Gasteiger charge is 2.08. The summed E-state index contributed by atoms with van der Waals surface area (Å²) in [5, 5.41) is 0.497. The minimum atomic E-state index is 0.497.